The van der Waals surface area contributed by atoms with Gasteiger partial charge in [-0.2, -0.15) is 0 Å². The molecule has 0 atom stereocenters. The molecule has 0 aliphatic carbocycles. The lowest BCUT2D eigenvalue weighted by atomic mass is 10.1. The van der Waals surface area contributed by atoms with Crippen LogP contribution in [-0.4, -0.2) is 16.7 Å². The molecule has 2 aromatic heterocycles. The third-order valence-corrected chi connectivity index (χ3v) is 5.84. The number of hydrogen-bond acceptors (Lipinski definition) is 4. The van der Waals surface area contributed by atoms with Crippen LogP contribution in [0.25, 0.3) is 27.8 Å². The summed E-state index contributed by atoms with van der Waals surface area (Å²) in [6.45, 7) is 4.21. The summed E-state index contributed by atoms with van der Waals surface area (Å²) in [7, 11) is 1.68. The van der Waals surface area contributed by atoms with Gasteiger partial charge in [-0.15, -0.1) is 11.3 Å². The van der Waals surface area contributed by atoms with E-state index >= 15 is 0 Å². The number of nitrogen functional groups attached to an aromatic ring is 1. The number of benzene rings is 2. The third kappa shape index (κ3) is 2.70. The van der Waals surface area contributed by atoms with Gasteiger partial charge in [-0.25, -0.2) is 4.98 Å². The van der Waals surface area contributed by atoms with E-state index < -0.39 is 0 Å². The number of aromatic nitrogens is 2. The van der Waals surface area contributed by atoms with Crippen molar-refractivity contribution in [2.75, 3.05) is 12.8 Å². The summed E-state index contributed by atoms with van der Waals surface area (Å²) in [4.78, 5) is 4.52. The number of hydrogen-bond donors (Lipinski definition) is 1. The Morgan fingerprint density at radius 1 is 1.15 bits per heavy atom. The van der Waals surface area contributed by atoms with Crippen molar-refractivity contribution in [3.8, 4) is 22.7 Å². The lowest BCUT2D eigenvalue weighted by Crippen LogP contribution is -1.97. The second-order valence-electron chi connectivity index (χ2n) is 6.21. The Morgan fingerprint density at radius 2 is 1.88 bits per heavy atom. The van der Waals surface area contributed by atoms with Gasteiger partial charge in [0.2, 0.25) is 0 Å². The maximum Gasteiger partial charge on any atom is 0.180 e. The lowest BCUT2D eigenvalue weighted by molar-refractivity contribution is 0.413. The topological polar surface area (TPSA) is 53.1 Å². The molecule has 0 radical (unpaired) electrons. The SMILES string of the molecule is COc1cc2c(-c3csc(N)n3)c(C)n(-c3ccc(C)cc3)c2cc1Br. The number of rotatable bonds is 3. The van der Waals surface area contributed by atoms with Gasteiger partial charge in [-0.3, -0.25) is 0 Å². The summed E-state index contributed by atoms with van der Waals surface area (Å²) in [6.07, 6.45) is 0. The Balaban J connectivity index is 2.10. The molecule has 0 fully saturated rings. The van der Waals surface area contributed by atoms with Crippen LogP contribution in [0.3, 0.4) is 0 Å². The highest BCUT2D eigenvalue weighted by Gasteiger charge is 2.20. The molecule has 26 heavy (non-hydrogen) atoms. The van der Waals surface area contributed by atoms with E-state index in [-0.39, 0.29) is 0 Å². The molecule has 0 spiro atoms. The largest absolute Gasteiger partial charge is 0.496 e. The molecule has 2 aromatic carbocycles. The molecular formula is C20H18BrN3OS. The summed E-state index contributed by atoms with van der Waals surface area (Å²) >= 11 is 5.07. The van der Waals surface area contributed by atoms with E-state index in [0.717, 1.165) is 43.8 Å². The molecule has 0 aliphatic rings. The van der Waals surface area contributed by atoms with Gasteiger partial charge in [-0.1, -0.05) is 17.7 Å². The molecule has 2 heterocycles. The minimum atomic E-state index is 0.569. The zero-order valence-corrected chi connectivity index (χ0v) is 17.1. The molecule has 6 heteroatoms. The number of methoxy groups -OCH3 is 1. The second-order valence-corrected chi connectivity index (χ2v) is 7.95. The summed E-state index contributed by atoms with van der Waals surface area (Å²) in [5, 5.41) is 3.67. The maximum atomic E-state index is 5.89. The van der Waals surface area contributed by atoms with Crippen LogP contribution in [0.5, 0.6) is 5.75 Å². The van der Waals surface area contributed by atoms with Gasteiger partial charge in [0.1, 0.15) is 5.75 Å². The second kappa shape index (κ2) is 6.45. The van der Waals surface area contributed by atoms with Gasteiger partial charge in [-0.05, 0) is 54.0 Å². The Labute approximate surface area is 164 Å². The highest BCUT2D eigenvalue weighted by Crippen LogP contribution is 2.41. The standard InChI is InChI=1S/C20H18BrN3OS/c1-11-4-6-13(7-5-11)24-12(2)19(16-10-26-20(22)23-16)14-8-18(25-3)15(21)9-17(14)24/h4-10H,1-3H3,(H2,22,23). The average molecular weight is 428 g/mol. The summed E-state index contributed by atoms with van der Waals surface area (Å²) in [5.74, 6) is 0.794. The molecule has 2 N–H and O–H groups in total. The van der Waals surface area contributed by atoms with E-state index in [4.69, 9.17) is 10.5 Å². The van der Waals surface area contributed by atoms with Crippen molar-refractivity contribution < 1.29 is 4.74 Å². The van der Waals surface area contributed by atoms with E-state index in [2.05, 4.69) is 75.7 Å². The van der Waals surface area contributed by atoms with Crippen molar-refractivity contribution in [3.05, 3.63) is 57.5 Å². The fourth-order valence-electron chi connectivity index (χ4n) is 3.32. The first-order chi connectivity index (χ1) is 12.5. The molecule has 4 nitrogen and oxygen atoms in total. The average Bonchev–Trinajstić information content (AvgIpc) is 3.15. The molecule has 0 aliphatic heterocycles. The predicted octanol–water partition coefficient (Wildman–Crippen LogP) is 5.72. The minimum Gasteiger partial charge on any atom is -0.496 e. The fourth-order valence-corrected chi connectivity index (χ4v) is 4.37. The van der Waals surface area contributed by atoms with Crippen LogP contribution in [-0.2, 0) is 0 Å². The molecule has 4 rings (SSSR count). The van der Waals surface area contributed by atoms with Crippen molar-refractivity contribution >= 4 is 43.3 Å². The third-order valence-electron chi connectivity index (χ3n) is 4.55. The van der Waals surface area contributed by atoms with E-state index in [1.165, 1.54) is 16.9 Å². The van der Waals surface area contributed by atoms with Crippen LogP contribution < -0.4 is 10.5 Å². The molecule has 0 bridgehead atoms. The number of thiazole rings is 1. The van der Waals surface area contributed by atoms with Gasteiger partial charge in [0.25, 0.3) is 0 Å². The first-order valence-corrected chi connectivity index (χ1v) is 9.84. The maximum absolute atomic E-state index is 5.89. The molecule has 4 aromatic rings. The fraction of sp³-hybridized carbons (Fsp3) is 0.150. The van der Waals surface area contributed by atoms with Crippen LogP contribution in [0.4, 0.5) is 5.13 Å². The Hall–Kier alpha value is -2.31. The first kappa shape index (κ1) is 17.1. The number of ether oxygens (including phenoxy) is 1. The predicted molar refractivity (Wildman–Crippen MR) is 113 cm³/mol. The van der Waals surface area contributed by atoms with Crippen molar-refractivity contribution in [1.82, 2.24) is 9.55 Å². The number of fused-ring (bicyclic) bond motifs is 1. The lowest BCUT2D eigenvalue weighted by Gasteiger charge is -2.10. The zero-order valence-electron chi connectivity index (χ0n) is 14.7. The summed E-state index contributed by atoms with van der Waals surface area (Å²) < 4.78 is 8.69. The van der Waals surface area contributed by atoms with Crippen molar-refractivity contribution in [3.63, 3.8) is 0 Å². The molecule has 0 unspecified atom stereocenters. The van der Waals surface area contributed by atoms with E-state index in [0.29, 0.717) is 5.13 Å². The first-order valence-electron chi connectivity index (χ1n) is 8.16. The van der Waals surface area contributed by atoms with E-state index in [1.54, 1.807) is 7.11 Å². The number of nitrogens with zero attached hydrogens (tertiary/aromatic N) is 2. The van der Waals surface area contributed by atoms with Crippen molar-refractivity contribution in [2.45, 2.75) is 13.8 Å². The Bertz CT molecular complexity index is 1110. The van der Waals surface area contributed by atoms with Gasteiger partial charge in [0, 0.05) is 27.7 Å². The zero-order chi connectivity index (χ0) is 18.4. The van der Waals surface area contributed by atoms with Gasteiger partial charge in [0.05, 0.1) is 22.8 Å². The quantitative estimate of drug-likeness (QED) is 0.454. The van der Waals surface area contributed by atoms with E-state index in [9.17, 15) is 0 Å². The molecular weight excluding hydrogens is 410 g/mol. The Kier molecular flexibility index (Phi) is 4.25. The van der Waals surface area contributed by atoms with Crippen molar-refractivity contribution in [2.24, 2.45) is 0 Å². The minimum absolute atomic E-state index is 0.569. The highest BCUT2D eigenvalue weighted by molar-refractivity contribution is 9.10. The van der Waals surface area contributed by atoms with Crippen LogP contribution in [0.15, 0.2) is 46.3 Å². The van der Waals surface area contributed by atoms with Crippen LogP contribution in [0, 0.1) is 13.8 Å². The monoisotopic (exact) mass is 427 g/mol. The number of halogens is 1. The van der Waals surface area contributed by atoms with Crippen LogP contribution in [0.1, 0.15) is 11.3 Å². The number of aryl methyl sites for hydroxylation is 1. The number of anilines is 1. The van der Waals surface area contributed by atoms with Gasteiger partial charge < -0.3 is 15.0 Å². The molecule has 0 saturated heterocycles. The van der Waals surface area contributed by atoms with E-state index in [1.807, 2.05) is 5.38 Å². The van der Waals surface area contributed by atoms with Gasteiger partial charge in [0.15, 0.2) is 5.13 Å². The molecule has 132 valence electrons. The van der Waals surface area contributed by atoms with Gasteiger partial charge >= 0.3 is 0 Å². The summed E-state index contributed by atoms with van der Waals surface area (Å²) in [6, 6.07) is 12.7. The van der Waals surface area contributed by atoms with Crippen LogP contribution in [0.2, 0.25) is 0 Å². The van der Waals surface area contributed by atoms with Crippen molar-refractivity contribution in [1.29, 1.82) is 0 Å². The molecule has 0 saturated carbocycles. The van der Waals surface area contributed by atoms with Crippen LogP contribution >= 0.6 is 27.3 Å². The normalized spacial score (nSPS) is 11.2. The molecule has 0 amide bonds. The highest BCUT2D eigenvalue weighted by atomic mass is 79.9. The smallest absolute Gasteiger partial charge is 0.180 e. The summed E-state index contributed by atoms with van der Waals surface area (Å²) in [5.41, 5.74) is 12.4. The number of nitrogens with two attached hydrogens (primary N) is 1. The Morgan fingerprint density at radius 3 is 2.50 bits per heavy atom.